The molecule has 2 rings (SSSR count). The molecule has 1 fully saturated rings. The second-order valence-corrected chi connectivity index (χ2v) is 4.01. The van der Waals surface area contributed by atoms with Gasteiger partial charge in [-0.1, -0.05) is 0 Å². The molecule has 0 bridgehead atoms. The molecule has 88 valence electrons. The van der Waals surface area contributed by atoms with E-state index < -0.39 is 36.5 Å². The third kappa shape index (κ3) is 2.13. The molecule has 1 nitrogen and oxygen atoms in total. The van der Waals surface area contributed by atoms with Gasteiger partial charge in [0.05, 0.1) is 0 Å². The quantitative estimate of drug-likeness (QED) is 0.712. The summed E-state index contributed by atoms with van der Waals surface area (Å²) in [6.45, 7) is 1.42. The first-order valence-corrected chi connectivity index (χ1v) is 4.87. The Bertz CT molecular complexity index is 409. The standard InChI is InChI=1S/C11H10F4O/c1-6-9(13)2-7(12)3-10(6)16-8-4-11(14,15)5-8/h2-3,8H,4-5H2,1H3. The zero-order chi connectivity index (χ0) is 11.9. The van der Waals surface area contributed by atoms with Gasteiger partial charge in [-0.25, -0.2) is 17.6 Å². The van der Waals surface area contributed by atoms with Crippen LogP contribution in [-0.4, -0.2) is 12.0 Å². The van der Waals surface area contributed by atoms with Crippen LogP contribution in [0.5, 0.6) is 5.75 Å². The molecule has 0 heterocycles. The largest absolute Gasteiger partial charge is 0.489 e. The van der Waals surface area contributed by atoms with Crippen LogP contribution in [-0.2, 0) is 0 Å². The second kappa shape index (κ2) is 3.64. The molecule has 0 spiro atoms. The van der Waals surface area contributed by atoms with Crippen molar-refractivity contribution in [2.75, 3.05) is 0 Å². The van der Waals surface area contributed by atoms with E-state index in [0.717, 1.165) is 12.1 Å². The van der Waals surface area contributed by atoms with Crippen LogP contribution in [0.4, 0.5) is 17.6 Å². The maximum absolute atomic E-state index is 13.1. The molecule has 0 amide bonds. The van der Waals surface area contributed by atoms with E-state index in [1.807, 2.05) is 0 Å². The zero-order valence-corrected chi connectivity index (χ0v) is 8.57. The maximum Gasteiger partial charge on any atom is 0.255 e. The van der Waals surface area contributed by atoms with Gasteiger partial charge in [0.25, 0.3) is 5.92 Å². The van der Waals surface area contributed by atoms with Crippen molar-refractivity contribution in [1.82, 2.24) is 0 Å². The van der Waals surface area contributed by atoms with Gasteiger partial charge < -0.3 is 4.74 Å². The van der Waals surface area contributed by atoms with Crippen LogP contribution in [0.25, 0.3) is 0 Å². The van der Waals surface area contributed by atoms with Gasteiger partial charge in [0.15, 0.2) is 0 Å². The lowest BCUT2D eigenvalue weighted by Gasteiger charge is -2.35. The van der Waals surface area contributed by atoms with Crippen LogP contribution < -0.4 is 4.74 Å². The monoisotopic (exact) mass is 234 g/mol. The summed E-state index contributed by atoms with van der Waals surface area (Å²) >= 11 is 0. The molecular formula is C11H10F4O. The summed E-state index contributed by atoms with van der Waals surface area (Å²) in [5.41, 5.74) is 0.136. The summed E-state index contributed by atoms with van der Waals surface area (Å²) in [5, 5.41) is 0. The Labute approximate surface area is 90.0 Å². The van der Waals surface area contributed by atoms with Crippen molar-refractivity contribution in [1.29, 1.82) is 0 Å². The van der Waals surface area contributed by atoms with Crippen molar-refractivity contribution in [2.24, 2.45) is 0 Å². The number of alkyl halides is 2. The summed E-state index contributed by atoms with van der Waals surface area (Å²) in [7, 11) is 0. The molecule has 1 aliphatic carbocycles. The number of rotatable bonds is 2. The SMILES string of the molecule is Cc1c(F)cc(F)cc1OC1CC(F)(F)C1. The van der Waals surface area contributed by atoms with E-state index >= 15 is 0 Å². The highest BCUT2D eigenvalue weighted by molar-refractivity contribution is 5.34. The van der Waals surface area contributed by atoms with Crippen LogP contribution in [0.15, 0.2) is 12.1 Å². The molecule has 0 aliphatic heterocycles. The van der Waals surface area contributed by atoms with Gasteiger partial charge >= 0.3 is 0 Å². The Balaban J connectivity index is 2.11. The normalized spacial score (nSPS) is 19.3. The lowest BCUT2D eigenvalue weighted by Crippen LogP contribution is -2.43. The van der Waals surface area contributed by atoms with Crippen LogP contribution in [0, 0.1) is 18.6 Å². The van der Waals surface area contributed by atoms with Gasteiger partial charge in [-0.05, 0) is 6.92 Å². The Morgan fingerprint density at radius 1 is 1.25 bits per heavy atom. The summed E-state index contributed by atoms with van der Waals surface area (Å²) in [6, 6.07) is 1.74. The van der Waals surface area contributed by atoms with E-state index in [4.69, 9.17) is 4.74 Å². The fraction of sp³-hybridized carbons (Fsp3) is 0.455. The first-order valence-electron chi connectivity index (χ1n) is 4.87. The lowest BCUT2D eigenvalue weighted by molar-refractivity contribution is -0.134. The Kier molecular flexibility index (Phi) is 2.56. The fourth-order valence-corrected chi connectivity index (χ4v) is 1.61. The highest BCUT2D eigenvalue weighted by Crippen LogP contribution is 2.40. The van der Waals surface area contributed by atoms with Crippen LogP contribution in [0.2, 0.25) is 0 Å². The third-order valence-electron chi connectivity index (χ3n) is 2.61. The van der Waals surface area contributed by atoms with Crippen molar-refractivity contribution < 1.29 is 22.3 Å². The Hall–Kier alpha value is -1.26. The van der Waals surface area contributed by atoms with Gasteiger partial charge in [-0.15, -0.1) is 0 Å². The number of ether oxygens (including phenoxy) is 1. The van der Waals surface area contributed by atoms with Crippen molar-refractivity contribution in [3.8, 4) is 5.75 Å². The van der Waals surface area contributed by atoms with Gasteiger partial charge in [-0.3, -0.25) is 0 Å². The molecule has 1 saturated carbocycles. The number of halogens is 4. The zero-order valence-electron chi connectivity index (χ0n) is 8.57. The number of hydrogen-bond donors (Lipinski definition) is 0. The van der Waals surface area contributed by atoms with Crippen molar-refractivity contribution in [3.63, 3.8) is 0 Å². The smallest absolute Gasteiger partial charge is 0.255 e. The predicted octanol–water partition coefficient (Wildman–Crippen LogP) is 3.45. The average molecular weight is 234 g/mol. The van der Waals surface area contributed by atoms with Crippen molar-refractivity contribution in [2.45, 2.75) is 31.8 Å². The van der Waals surface area contributed by atoms with E-state index in [9.17, 15) is 17.6 Å². The molecule has 5 heteroatoms. The molecule has 0 saturated heterocycles. The summed E-state index contributed by atoms with van der Waals surface area (Å²) in [5.74, 6) is -4.21. The van der Waals surface area contributed by atoms with Crippen molar-refractivity contribution >= 4 is 0 Å². The summed E-state index contributed by atoms with van der Waals surface area (Å²) in [6.07, 6.45) is -1.45. The topological polar surface area (TPSA) is 9.23 Å². The first-order chi connectivity index (χ1) is 7.37. The molecule has 1 aliphatic rings. The summed E-state index contributed by atoms with van der Waals surface area (Å²) in [4.78, 5) is 0. The average Bonchev–Trinajstić information content (AvgIpc) is 2.10. The van der Waals surface area contributed by atoms with E-state index in [1.54, 1.807) is 0 Å². The van der Waals surface area contributed by atoms with Crippen LogP contribution >= 0.6 is 0 Å². The second-order valence-electron chi connectivity index (χ2n) is 4.01. The van der Waals surface area contributed by atoms with E-state index in [1.165, 1.54) is 6.92 Å². The van der Waals surface area contributed by atoms with Crippen LogP contribution in [0.3, 0.4) is 0 Å². The minimum atomic E-state index is -2.70. The molecule has 0 aromatic heterocycles. The highest BCUT2D eigenvalue weighted by Gasteiger charge is 2.47. The third-order valence-corrected chi connectivity index (χ3v) is 2.61. The Morgan fingerprint density at radius 3 is 2.44 bits per heavy atom. The van der Waals surface area contributed by atoms with Crippen LogP contribution in [0.1, 0.15) is 18.4 Å². The highest BCUT2D eigenvalue weighted by atomic mass is 19.3. The van der Waals surface area contributed by atoms with Gasteiger partial charge in [0.1, 0.15) is 23.5 Å². The molecule has 1 aromatic carbocycles. The molecule has 0 atom stereocenters. The Morgan fingerprint density at radius 2 is 1.88 bits per heavy atom. The summed E-state index contributed by atoms with van der Waals surface area (Å²) < 4.78 is 56.1. The van der Waals surface area contributed by atoms with Crippen molar-refractivity contribution in [3.05, 3.63) is 29.3 Å². The molecule has 0 N–H and O–H groups in total. The molecule has 1 aromatic rings. The molecular weight excluding hydrogens is 224 g/mol. The number of hydrogen-bond acceptors (Lipinski definition) is 1. The minimum absolute atomic E-state index is 0.00185. The molecule has 16 heavy (non-hydrogen) atoms. The number of benzene rings is 1. The van der Waals surface area contributed by atoms with E-state index in [0.29, 0.717) is 0 Å². The first kappa shape index (κ1) is 11.2. The molecule has 0 radical (unpaired) electrons. The predicted molar refractivity (Wildman–Crippen MR) is 49.7 cm³/mol. The van der Waals surface area contributed by atoms with E-state index in [2.05, 4.69) is 0 Å². The van der Waals surface area contributed by atoms with E-state index in [-0.39, 0.29) is 11.3 Å². The fourth-order valence-electron chi connectivity index (χ4n) is 1.61. The minimum Gasteiger partial charge on any atom is -0.489 e. The molecule has 0 unspecified atom stereocenters. The van der Waals surface area contributed by atoms with Gasteiger partial charge in [0, 0.05) is 30.5 Å². The maximum atomic E-state index is 13.1. The van der Waals surface area contributed by atoms with Gasteiger partial charge in [-0.2, -0.15) is 0 Å². The van der Waals surface area contributed by atoms with Gasteiger partial charge in [0.2, 0.25) is 0 Å². The lowest BCUT2D eigenvalue weighted by atomic mass is 9.91.